The molecule has 2 saturated heterocycles. The number of aldehydes is 1. The number of aromatic hydroxyl groups is 1. The first-order chi connectivity index (χ1) is 34.3. The number of carbonyl (C=O) groups excluding carboxylic acids is 2. The number of carboxylic acid groups (broad SMARTS) is 1. The maximum absolute atomic E-state index is 13.9. The number of H-pyrrole nitrogens is 1. The average molecular weight is 1010 g/mol. The summed E-state index contributed by atoms with van der Waals surface area (Å²) in [5.74, 6) is -2.99. The predicted octanol–water partition coefficient (Wildman–Crippen LogP) is 7.01. The number of primary amides is 1. The molecule has 5 aromatic rings. The van der Waals surface area contributed by atoms with Crippen LogP contribution < -0.4 is 26.5 Å². The Kier molecular flexibility index (Phi) is 18.6. The van der Waals surface area contributed by atoms with E-state index in [-0.39, 0.29) is 63.6 Å². The third-order valence-corrected chi connectivity index (χ3v) is 15.7. The van der Waals surface area contributed by atoms with Crippen molar-refractivity contribution in [1.29, 1.82) is 0 Å². The molecule has 7 rings (SSSR count). The average Bonchev–Trinajstić information content (AvgIpc) is 3.90. The van der Waals surface area contributed by atoms with E-state index in [0.717, 1.165) is 31.5 Å². The molecule has 4 heterocycles. The minimum absolute atomic E-state index is 0.00467. The fourth-order valence-corrected chi connectivity index (χ4v) is 11.6. The Morgan fingerprint density at radius 1 is 1.04 bits per heavy atom. The van der Waals surface area contributed by atoms with Gasteiger partial charge in [0.25, 0.3) is 5.91 Å². The van der Waals surface area contributed by atoms with E-state index in [1.807, 2.05) is 18.5 Å². The normalized spacial score (nSPS) is 24.6. The number of phenolic OH excluding ortho intramolecular Hbond substituents is 1. The van der Waals surface area contributed by atoms with Crippen LogP contribution in [0, 0.1) is 11.8 Å². The SMILES string of the molecule is CCCCCCNCCCc1ccccc1C=CCC(C)C1CNCC2(O)C(Oc3ccc4c(=O)c(-c5ccc(O)cc5)c(C(N)=O)oc4c3)OC(C(=O)O)C(O)C2(C=O)OCSSCC1c1cc[nH]c1. The van der Waals surface area contributed by atoms with Gasteiger partial charge in [0.2, 0.25) is 17.5 Å². The van der Waals surface area contributed by atoms with Crippen LogP contribution in [0.25, 0.3) is 28.2 Å². The number of aliphatic hydroxyl groups is 2. The summed E-state index contributed by atoms with van der Waals surface area (Å²) in [6.45, 7) is 6.21. The standard InChI is InChI=1S/C53H64N4O12S2/c1-3-4-5-8-23-55-24-10-15-35-13-7-6-12-34(35)14-9-11-33(2)41-28-57-30-52(65)51(69-47(50(63)64)48(61)53(52,31-58)66-32-71-70-29-42(41)37-22-25-56-27-37)67-39-20-21-40-43(26-39)68-46(49(54)62)44(45(40)60)36-16-18-38(59)19-17-36/h6-7,9,12-14,16-22,25-27,31,33,41-42,47-48,51,55-57,59,61,65H,3-5,8,10-11,15,23-24,28-30,32H2,1-2H3,(H2,54,62)(H,63,64). The topological polar surface area (TPSA) is 256 Å². The number of aryl methyl sites for hydroxylation is 1. The van der Waals surface area contributed by atoms with Gasteiger partial charge in [-0.1, -0.05) is 103 Å². The molecule has 0 radical (unpaired) electrons. The Bertz CT molecular complexity index is 2660. The van der Waals surface area contributed by atoms with Gasteiger partial charge < -0.3 is 60.4 Å². The summed E-state index contributed by atoms with van der Waals surface area (Å²) < 4.78 is 24.1. The molecule has 2 aliphatic rings. The molecule has 8 atom stereocenters. The van der Waals surface area contributed by atoms with E-state index in [1.54, 1.807) is 0 Å². The van der Waals surface area contributed by atoms with Gasteiger partial charge in [-0.3, -0.25) is 14.4 Å². The number of ether oxygens (including phenoxy) is 3. The highest BCUT2D eigenvalue weighted by Gasteiger charge is 2.69. The van der Waals surface area contributed by atoms with Crippen LogP contribution in [0.3, 0.4) is 0 Å². The van der Waals surface area contributed by atoms with Crippen LogP contribution in [0.15, 0.2) is 100 Å². The van der Waals surface area contributed by atoms with Crippen molar-refractivity contribution in [2.75, 3.05) is 37.9 Å². The summed E-state index contributed by atoms with van der Waals surface area (Å²) in [5.41, 5.74) is 3.35. The van der Waals surface area contributed by atoms with Crippen molar-refractivity contribution in [1.82, 2.24) is 15.6 Å². The van der Waals surface area contributed by atoms with Crippen molar-refractivity contribution in [2.24, 2.45) is 17.6 Å². The Labute approximate surface area is 420 Å². The molecule has 16 nitrogen and oxygen atoms in total. The molecule has 71 heavy (non-hydrogen) atoms. The van der Waals surface area contributed by atoms with E-state index in [0.29, 0.717) is 18.7 Å². The molecular formula is C53H64N4O12S2. The molecule has 8 unspecified atom stereocenters. The van der Waals surface area contributed by atoms with Crippen molar-refractivity contribution in [3.05, 3.63) is 124 Å². The molecule has 380 valence electrons. The van der Waals surface area contributed by atoms with Gasteiger partial charge in [-0.05, 0) is 116 Å². The van der Waals surface area contributed by atoms with Crippen molar-refractivity contribution in [3.8, 4) is 22.6 Å². The number of β-amino-alcohol motifs (C(OH)–C–C–N with tert-alkyl or cyclic N) is 1. The lowest BCUT2D eigenvalue weighted by molar-refractivity contribution is -0.340. The number of allylic oxidation sites excluding steroid dienone is 1. The number of rotatable bonds is 20. The minimum atomic E-state index is -2.61. The molecule has 18 heteroatoms. The van der Waals surface area contributed by atoms with Crippen LogP contribution in [-0.4, -0.2) is 111 Å². The number of carbonyl (C=O) groups is 3. The van der Waals surface area contributed by atoms with Crippen molar-refractivity contribution in [3.63, 3.8) is 0 Å². The zero-order valence-corrected chi connectivity index (χ0v) is 41.6. The number of aromatic nitrogens is 1. The number of nitrogens with two attached hydrogens (primary N) is 1. The number of aromatic amines is 1. The maximum Gasteiger partial charge on any atom is 0.335 e. The summed E-state index contributed by atoms with van der Waals surface area (Å²) in [5, 5.41) is 51.8. The lowest BCUT2D eigenvalue weighted by Crippen LogP contribution is -2.80. The van der Waals surface area contributed by atoms with Crippen LogP contribution in [0.5, 0.6) is 11.5 Å². The second kappa shape index (κ2) is 24.8. The third-order valence-electron chi connectivity index (χ3n) is 13.6. The summed E-state index contributed by atoms with van der Waals surface area (Å²) in [6.07, 6.45) is 9.78. The molecule has 2 fully saturated rings. The van der Waals surface area contributed by atoms with Crippen LogP contribution in [0.1, 0.15) is 85.5 Å². The van der Waals surface area contributed by atoms with Gasteiger partial charge in [0.15, 0.2) is 23.6 Å². The first kappa shape index (κ1) is 53.4. The number of hydrogen-bond acceptors (Lipinski definition) is 15. The summed E-state index contributed by atoms with van der Waals surface area (Å²) in [7, 11) is 2.73. The molecule has 0 spiro atoms. The highest BCUT2D eigenvalue weighted by atomic mass is 33.1. The third kappa shape index (κ3) is 12.3. The minimum Gasteiger partial charge on any atom is -0.508 e. The van der Waals surface area contributed by atoms with Crippen LogP contribution in [-0.2, 0) is 25.5 Å². The van der Waals surface area contributed by atoms with Crippen LogP contribution >= 0.6 is 21.6 Å². The number of phenols is 1. The molecule has 2 aromatic heterocycles. The quantitative estimate of drug-likeness (QED) is 0.0222. The molecule has 0 aliphatic carbocycles. The predicted molar refractivity (Wildman–Crippen MR) is 275 cm³/mol. The van der Waals surface area contributed by atoms with Gasteiger partial charge >= 0.3 is 5.97 Å². The number of amides is 1. The van der Waals surface area contributed by atoms with Gasteiger partial charge in [-0.15, -0.1) is 0 Å². The Hall–Kier alpha value is -5.44. The molecular weight excluding hydrogens is 949 g/mol. The van der Waals surface area contributed by atoms with E-state index in [4.69, 9.17) is 24.4 Å². The number of hydrogen-bond donors (Lipinski definition) is 8. The van der Waals surface area contributed by atoms with E-state index in [9.17, 15) is 39.6 Å². The first-order valence-corrected chi connectivity index (χ1v) is 26.6. The number of aliphatic hydroxyl groups excluding tert-OH is 1. The van der Waals surface area contributed by atoms with E-state index >= 15 is 0 Å². The Morgan fingerprint density at radius 2 is 1.83 bits per heavy atom. The highest BCUT2D eigenvalue weighted by Crippen LogP contribution is 2.44. The van der Waals surface area contributed by atoms with Crippen LogP contribution in [0.2, 0.25) is 0 Å². The zero-order chi connectivity index (χ0) is 50.5. The van der Waals surface area contributed by atoms with E-state index in [1.165, 1.54) is 101 Å². The Balaban J connectivity index is 1.16. The van der Waals surface area contributed by atoms with Gasteiger partial charge in [0.1, 0.15) is 29.1 Å². The van der Waals surface area contributed by atoms with Gasteiger partial charge in [0.05, 0.1) is 10.9 Å². The molecule has 9 N–H and O–H groups in total. The zero-order valence-electron chi connectivity index (χ0n) is 39.9. The molecule has 2 aliphatic heterocycles. The van der Waals surface area contributed by atoms with Gasteiger partial charge in [-0.2, -0.15) is 0 Å². The van der Waals surface area contributed by atoms with E-state index < -0.39 is 59.3 Å². The number of aliphatic carboxylic acids is 1. The molecule has 0 saturated carbocycles. The van der Waals surface area contributed by atoms with Crippen molar-refractivity contribution >= 4 is 56.8 Å². The van der Waals surface area contributed by atoms with Gasteiger partial charge in [0, 0.05) is 30.8 Å². The summed E-state index contributed by atoms with van der Waals surface area (Å²) >= 11 is 0. The monoisotopic (exact) mass is 1010 g/mol. The summed E-state index contributed by atoms with van der Waals surface area (Å²) in [4.78, 5) is 55.9. The van der Waals surface area contributed by atoms with Gasteiger partial charge in [-0.25, -0.2) is 4.79 Å². The lowest BCUT2D eigenvalue weighted by Gasteiger charge is -2.53. The number of fused-ring (bicyclic) bond motifs is 2. The molecule has 1 amide bonds. The maximum atomic E-state index is 13.9. The first-order valence-electron chi connectivity index (χ1n) is 24.1. The lowest BCUT2D eigenvalue weighted by atomic mass is 9.73. The molecule has 0 bridgehead atoms. The highest BCUT2D eigenvalue weighted by molar-refractivity contribution is 8.76. The smallest absolute Gasteiger partial charge is 0.335 e. The number of benzene rings is 3. The molecule has 3 aromatic carbocycles. The Morgan fingerprint density at radius 3 is 2.56 bits per heavy atom. The van der Waals surface area contributed by atoms with Crippen molar-refractivity contribution < 1.29 is 53.4 Å². The number of carboxylic acids is 1. The van der Waals surface area contributed by atoms with E-state index in [2.05, 4.69) is 65.9 Å². The fraction of sp³-hybridized carbons (Fsp3) is 0.434. The fourth-order valence-electron chi connectivity index (χ4n) is 9.57. The number of nitrogens with one attached hydrogen (secondary N) is 3. The number of unbranched alkanes of at least 4 members (excludes halogenated alkanes) is 3. The van der Waals surface area contributed by atoms with Crippen molar-refractivity contribution in [2.45, 2.75) is 94.4 Å². The summed E-state index contributed by atoms with van der Waals surface area (Å²) in [6, 6.07) is 19.9. The van der Waals surface area contributed by atoms with Crippen LogP contribution in [0.4, 0.5) is 0 Å². The second-order valence-corrected chi connectivity index (χ2v) is 20.7. The second-order valence-electron chi connectivity index (χ2n) is 18.3. The largest absolute Gasteiger partial charge is 0.508 e.